The van der Waals surface area contributed by atoms with E-state index >= 15 is 0 Å². The first-order chi connectivity index (χ1) is 7.56. The Morgan fingerprint density at radius 1 is 1.25 bits per heavy atom. The van der Waals surface area contributed by atoms with Crippen molar-refractivity contribution in [3.63, 3.8) is 0 Å². The molecule has 0 aliphatic rings. The van der Waals surface area contributed by atoms with E-state index in [4.69, 9.17) is 15.2 Å². The van der Waals surface area contributed by atoms with Crippen LogP contribution < -0.4 is 15.2 Å². The third-order valence-electron chi connectivity index (χ3n) is 2.85. The maximum atomic E-state index is 9.80. The van der Waals surface area contributed by atoms with Gasteiger partial charge < -0.3 is 20.3 Å². The Hall–Kier alpha value is -1.26. The fourth-order valence-electron chi connectivity index (χ4n) is 1.77. The number of hydrogen-bond donors (Lipinski definition) is 2. The standard InChI is InChI=1S/C12H19NO3/c1-7-8(2)12(16-4)11(15-3)5-9(7)10(14)6-13/h5,10,14H,6,13H2,1-4H3. The molecule has 0 radical (unpaired) electrons. The second kappa shape index (κ2) is 5.18. The number of aliphatic hydroxyl groups is 1. The summed E-state index contributed by atoms with van der Waals surface area (Å²) in [5.74, 6) is 1.32. The monoisotopic (exact) mass is 225 g/mol. The summed E-state index contributed by atoms with van der Waals surface area (Å²) < 4.78 is 10.5. The molecule has 90 valence electrons. The van der Waals surface area contributed by atoms with Gasteiger partial charge in [-0.3, -0.25) is 0 Å². The number of aliphatic hydroxyl groups excluding tert-OH is 1. The molecule has 0 spiro atoms. The summed E-state index contributed by atoms with van der Waals surface area (Å²) in [5.41, 5.74) is 8.20. The highest BCUT2D eigenvalue weighted by atomic mass is 16.5. The predicted octanol–water partition coefficient (Wildman–Crippen LogP) is 1.31. The van der Waals surface area contributed by atoms with Crippen LogP contribution in [0.5, 0.6) is 11.5 Å². The van der Waals surface area contributed by atoms with Crippen molar-refractivity contribution >= 4 is 0 Å². The summed E-state index contributed by atoms with van der Waals surface area (Å²) >= 11 is 0. The number of rotatable bonds is 4. The van der Waals surface area contributed by atoms with Gasteiger partial charge in [0.1, 0.15) is 0 Å². The molecular formula is C12H19NO3. The highest BCUT2D eigenvalue weighted by Crippen LogP contribution is 2.36. The topological polar surface area (TPSA) is 64.7 Å². The van der Waals surface area contributed by atoms with E-state index in [2.05, 4.69) is 0 Å². The van der Waals surface area contributed by atoms with Gasteiger partial charge in [0.15, 0.2) is 11.5 Å². The van der Waals surface area contributed by atoms with E-state index in [0.29, 0.717) is 11.5 Å². The lowest BCUT2D eigenvalue weighted by atomic mass is 9.97. The van der Waals surface area contributed by atoms with Gasteiger partial charge in [-0.05, 0) is 36.6 Å². The maximum Gasteiger partial charge on any atom is 0.163 e. The molecule has 4 nitrogen and oxygen atoms in total. The molecule has 1 aromatic rings. The Kier molecular flexibility index (Phi) is 4.15. The molecule has 3 N–H and O–H groups in total. The van der Waals surface area contributed by atoms with E-state index in [-0.39, 0.29) is 6.54 Å². The van der Waals surface area contributed by atoms with E-state index in [9.17, 15) is 5.11 Å². The van der Waals surface area contributed by atoms with Crippen LogP contribution in [0.25, 0.3) is 0 Å². The fraction of sp³-hybridized carbons (Fsp3) is 0.500. The van der Waals surface area contributed by atoms with Gasteiger partial charge in [0.2, 0.25) is 0 Å². The van der Waals surface area contributed by atoms with Crippen molar-refractivity contribution in [3.8, 4) is 11.5 Å². The number of methoxy groups -OCH3 is 2. The summed E-state index contributed by atoms with van der Waals surface area (Å²) in [6.07, 6.45) is -0.668. The molecule has 0 saturated heterocycles. The zero-order valence-electron chi connectivity index (χ0n) is 10.2. The summed E-state index contributed by atoms with van der Waals surface area (Å²) in [7, 11) is 3.18. The number of ether oxygens (including phenoxy) is 2. The van der Waals surface area contributed by atoms with Crippen LogP contribution in [0.4, 0.5) is 0 Å². The van der Waals surface area contributed by atoms with Crippen molar-refractivity contribution in [3.05, 3.63) is 22.8 Å². The highest BCUT2D eigenvalue weighted by molar-refractivity contribution is 5.54. The minimum atomic E-state index is -0.668. The largest absolute Gasteiger partial charge is 0.493 e. The van der Waals surface area contributed by atoms with Gasteiger partial charge >= 0.3 is 0 Å². The number of hydrogen-bond acceptors (Lipinski definition) is 4. The molecule has 1 unspecified atom stereocenters. The van der Waals surface area contributed by atoms with Gasteiger partial charge in [0.05, 0.1) is 20.3 Å². The molecule has 0 saturated carbocycles. The van der Waals surface area contributed by atoms with Crippen molar-refractivity contribution in [1.82, 2.24) is 0 Å². The number of nitrogens with two attached hydrogens (primary N) is 1. The maximum absolute atomic E-state index is 9.80. The summed E-state index contributed by atoms with van der Waals surface area (Å²) in [5, 5.41) is 9.80. The first kappa shape index (κ1) is 12.8. The van der Waals surface area contributed by atoms with Crippen molar-refractivity contribution in [1.29, 1.82) is 0 Å². The van der Waals surface area contributed by atoms with Gasteiger partial charge in [-0.2, -0.15) is 0 Å². The lowest BCUT2D eigenvalue weighted by Crippen LogP contribution is -2.13. The molecule has 0 fully saturated rings. The molecule has 0 aliphatic carbocycles. The number of benzene rings is 1. The van der Waals surface area contributed by atoms with Crippen molar-refractivity contribution in [2.75, 3.05) is 20.8 Å². The quantitative estimate of drug-likeness (QED) is 0.811. The van der Waals surface area contributed by atoms with Crippen molar-refractivity contribution in [2.45, 2.75) is 20.0 Å². The molecule has 16 heavy (non-hydrogen) atoms. The van der Waals surface area contributed by atoms with E-state index in [1.165, 1.54) is 0 Å². The first-order valence-electron chi connectivity index (χ1n) is 5.17. The van der Waals surface area contributed by atoms with E-state index in [1.807, 2.05) is 13.8 Å². The lowest BCUT2D eigenvalue weighted by Gasteiger charge is -2.19. The Morgan fingerprint density at radius 3 is 2.31 bits per heavy atom. The molecule has 0 aliphatic heterocycles. The Labute approximate surface area is 96.0 Å². The summed E-state index contributed by atoms with van der Waals surface area (Å²) in [6, 6.07) is 1.78. The molecule has 0 bridgehead atoms. The molecule has 0 amide bonds. The second-order valence-electron chi connectivity index (χ2n) is 3.70. The minimum Gasteiger partial charge on any atom is -0.493 e. The van der Waals surface area contributed by atoms with Gasteiger partial charge in [0.25, 0.3) is 0 Å². The molecule has 1 atom stereocenters. The predicted molar refractivity (Wildman–Crippen MR) is 63.0 cm³/mol. The van der Waals surface area contributed by atoms with Crippen LogP contribution in [0.15, 0.2) is 6.07 Å². The van der Waals surface area contributed by atoms with Crippen molar-refractivity contribution in [2.24, 2.45) is 5.73 Å². The zero-order valence-corrected chi connectivity index (χ0v) is 10.2. The van der Waals surface area contributed by atoms with E-state index in [1.54, 1.807) is 20.3 Å². The van der Waals surface area contributed by atoms with Gasteiger partial charge in [0, 0.05) is 6.54 Å². The highest BCUT2D eigenvalue weighted by Gasteiger charge is 2.17. The summed E-state index contributed by atoms with van der Waals surface area (Å²) in [4.78, 5) is 0. The van der Waals surface area contributed by atoms with E-state index < -0.39 is 6.10 Å². The molecule has 0 heterocycles. The van der Waals surface area contributed by atoms with Crippen LogP contribution in [-0.2, 0) is 0 Å². The normalized spacial score (nSPS) is 12.4. The Morgan fingerprint density at radius 2 is 1.88 bits per heavy atom. The van der Waals surface area contributed by atoms with Crippen LogP contribution >= 0.6 is 0 Å². The lowest BCUT2D eigenvalue weighted by molar-refractivity contribution is 0.185. The minimum absolute atomic E-state index is 0.190. The first-order valence-corrected chi connectivity index (χ1v) is 5.17. The van der Waals surface area contributed by atoms with Crippen LogP contribution in [0, 0.1) is 13.8 Å². The Balaban J connectivity index is 3.38. The van der Waals surface area contributed by atoms with Gasteiger partial charge in [-0.1, -0.05) is 0 Å². The van der Waals surface area contributed by atoms with Crippen LogP contribution in [0.2, 0.25) is 0 Å². The fourth-order valence-corrected chi connectivity index (χ4v) is 1.77. The zero-order chi connectivity index (χ0) is 12.3. The van der Waals surface area contributed by atoms with Gasteiger partial charge in [-0.25, -0.2) is 0 Å². The summed E-state index contributed by atoms with van der Waals surface area (Å²) in [6.45, 7) is 4.06. The molecular weight excluding hydrogens is 206 g/mol. The van der Waals surface area contributed by atoms with Crippen LogP contribution in [0.1, 0.15) is 22.8 Å². The van der Waals surface area contributed by atoms with Gasteiger partial charge in [-0.15, -0.1) is 0 Å². The average Bonchev–Trinajstić information content (AvgIpc) is 2.31. The van der Waals surface area contributed by atoms with E-state index in [0.717, 1.165) is 16.7 Å². The van der Waals surface area contributed by atoms with Crippen LogP contribution in [0.3, 0.4) is 0 Å². The molecule has 1 aromatic carbocycles. The molecule has 1 rings (SSSR count). The smallest absolute Gasteiger partial charge is 0.163 e. The molecule has 0 aromatic heterocycles. The Bertz CT molecular complexity index is 377. The van der Waals surface area contributed by atoms with Crippen LogP contribution in [-0.4, -0.2) is 25.9 Å². The second-order valence-corrected chi connectivity index (χ2v) is 3.70. The average molecular weight is 225 g/mol. The third kappa shape index (κ3) is 2.13. The van der Waals surface area contributed by atoms with Crippen molar-refractivity contribution < 1.29 is 14.6 Å². The third-order valence-corrected chi connectivity index (χ3v) is 2.85. The SMILES string of the molecule is COc1cc(C(O)CN)c(C)c(C)c1OC. The molecule has 4 heteroatoms.